The SMILES string of the molecule is CC/C=C\C/C=C\C/C=C\C/C=C\C/C=C\CCCCCCCCCCCCCCCC(=O)OC(COC(=O)CCCCCCC/C=C\C/C=C\CCC)COP(=O)([O-])OCC[N+](C)(C)C. The van der Waals surface area contributed by atoms with Crippen LogP contribution in [0, 0.1) is 0 Å². The number of hydrogen-bond donors (Lipinski definition) is 0. The third kappa shape index (κ3) is 50.6. The predicted molar refractivity (Wildman–Crippen MR) is 277 cm³/mol. The van der Waals surface area contributed by atoms with Crippen molar-refractivity contribution in [1.82, 2.24) is 0 Å². The molecule has 380 valence electrons. The number of nitrogens with zero attached hydrogens (tertiary/aromatic N) is 1. The van der Waals surface area contributed by atoms with Gasteiger partial charge in [-0.2, -0.15) is 0 Å². The minimum Gasteiger partial charge on any atom is -0.756 e. The molecule has 0 aliphatic carbocycles. The molecule has 9 nitrogen and oxygen atoms in total. The zero-order valence-corrected chi connectivity index (χ0v) is 43.8. The van der Waals surface area contributed by atoms with Crippen LogP contribution in [0.3, 0.4) is 0 Å². The highest BCUT2D eigenvalue weighted by molar-refractivity contribution is 7.45. The minimum atomic E-state index is -4.64. The van der Waals surface area contributed by atoms with Crippen LogP contribution in [0.4, 0.5) is 0 Å². The Labute approximate surface area is 405 Å². The van der Waals surface area contributed by atoms with Crippen molar-refractivity contribution in [3.63, 3.8) is 0 Å². The van der Waals surface area contributed by atoms with Crippen LogP contribution in [-0.2, 0) is 32.7 Å². The lowest BCUT2D eigenvalue weighted by molar-refractivity contribution is -0.870. The highest BCUT2D eigenvalue weighted by atomic mass is 31.2. The Balaban J connectivity index is 4.15. The third-order valence-electron chi connectivity index (χ3n) is 10.9. The van der Waals surface area contributed by atoms with Crippen molar-refractivity contribution in [3.8, 4) is 0 Å². The monoisotopic (exact) mass is 944 g/mol. The van der Waals surface area contributed by atoms with Gasteiger partial charge in [0.15, 0.2) is 6.10 Å². The average molecular weight is 944 g/mol. The number of phosphoric acid groups is 1. The number of ether oxygens (including phenoxy) is 2. The smallest absolute Gasteiger partial charge is 0.306 e. The number of rotatable bonds is 47. The summed E-state index contributed by atoms with van der Waals surface area (Å²) in [6, 6.07) is 0. The second-order valence-electron chi connectivity index (χ2n) is 18.5. The van der Waals surface area contributed by atoms with E-state index in [4.69, 9.17) is 18.5 Å². The summed E-state index contributed by atoms with van der Waals surface area (Å²) in [7, 11) is 1.15. The quantitative estimate of drug-likeness (QED) is 0.0195. The van der Waals surface area contributed by atoms with E-state index in [2.05, 4.69) is 98.9 Å². The zero-order chi connectivity index (χ0) is 48.5. The molecule has 0 N–H and O–H groups in total. The molecule has 0 spiro atoms. The number of quaternary nitrogens is 1. The van der Waals surface area contributed by atoms with Gasteiger partial charge in [0.1, 0.15) is 19.8 Å². The number of esters is 2. The van der Waals surface area contributed by atoms with Gasteiger partial charge in [0.2, 0.25) is 0 Å². The maximum atomic E-state index is 12.8. The van der Waals surface area contributed by atoms with Crippen molar-refractivity contribution in [3.05, 3.63) is 85.1 Å². The molecule has 0 aromatic carbocycles. The Bertz CT molecular complexity index is 1390. The van der Waals surface area contributed by atoms with Crippen LogP contribution < -0.4 is 4.89 Å². The Kier molecular flexibility index (Phi) is 45.3. The summed E-state index contributed by atoms with van der Waals surface area (Å²) in [6.07, 6.45) is 62.0. The van der Waals surface area contributed by atoms with Gasteiger partial charge in [0, 0.05) is 12.8 Å². The van der Waals surface area contributed by atoms with Gasteiger partial charge >= 0.3 is 11.9 Å². The molecule has 0 aromatic heterocycles. The van der Waals surface area contributed by atoms with Gasteiger partial charge in [-0.05, 0) is 83.5 Å². The van der Waals surface area contributed by atoms with Crippen LogP contribution in [0.5, 0.6) is 0 Å². The summed E-state index contributed by atoms with van der Waals surface area (Å²) in [5.74, 6) is -0.855. The van der Waals surface area contributed by atoms with E-state index in [1.54, 1.807) is 0 Å². The first kappa shape index (κ1) is 63.2. The average Bonchev–Trinajstić information content (AvgIpc) is 3.27. The fraction of sp³-hybridized carbons (Fsp3) is 0.714. The normalized spacial score (nSPS) is 14.1. The standard InChI is InChI=1S/C56H98NO8P/c1-6-8-10-12-14-16-18-20-21-22-23-24-25-26-27-28-29-30-31-32-33-34-35-37-39-41-43-45-47-49-56(59)65-54(53-64-66(60,61)63-51-50-57(3,4)5)52-62-55(58)48-46-44-42-40-38-36-19-17-15-13-11-9-7-2/h8,10-11,13-14,16-17,19-21,23-24,26-27,54H,6-7,9,12,15,18,22,25,28-53H2,1-5H3/b10-8-,13-11-,16-14-,19-17-,21-20-,24-23-,27-26-. The van der Waals surface area contributed by atoms with Crippen LogP contribution in [0.2, 0.25) is 0 Å². The maximum Gasteiger partial charge on any atom is 0.306 e. The van der Waals surface area contributed by atoms with Gasteiger partial charge in [0.25, 0.3) is 7.82 Å². The number of carbonyl (C=O) groups excluding carboxylic acids is 2. The fourth-order valence-corrected chi connectivity index (χ4v) is 7.57. The second-order valence-corrected chi connectivity index (χ2v) is 19.9. The minimum absolute atomic E-state index is 0.0367. The lowest BCUT2D eigenvalue weighted by Crippen LogP contribution is -2.37. The molecule has 0 heterocycles. The molecule has 0 aromatic rings. The largest absolute Gasteiger partial charge is 0.756 e. The van der Waals surface area contributed by atoms with E-state index >= 15 is 0 Å². The first-order valence-corrected chi connectivity index (χ1v) is 27.8. The molecule has 0 aliphatic rings. The van der Waals surface area contributed by atoms with Gasteiger partial charge in [-0.1, -0.05) is 195 Å². The van der Waals surface area contributed by atoms with Gasteiger partial charge in [0.05, 0.1) is 27.7 Å². The number of phosphoric ester groups is 1. The highest BCUT2D eigenvalue weighted by Gasteiger charge is 2.21. The first-order valence-electron chi connectivity index (χ1n) is 26.3. The molecule has 0 fully saturated rings. The summed E-state index contributed by atoms with van der Waals surface area (Å²) in [4.78, 5) is 37.7. The van der Waals surface area contributed by atoms with Crippen LogP contribution in [-0.4, -0.2) is 70.0 Å². The van der Waals surface area contributed by atoms with Crippen LogP contribution >= 0.6 is 7.82 Å². The summed E-state index contributed by atoms with van der Waals surface area (Å²) >= 11 is 0. The van der Waals surface area contributed by atoms with Crippen molar-refractivity contribution in [2.45, 2.75) is 213 Å². The molecule has 10 heteroatoms. The van der Waals surface area contributed by atoms with Gasteiger partial charge in [-0.3, -0.25) is 14.2 Å². The van der Waals surface area contributed by atoms with Crippen molar-refractivity contribution >= 4 is 19.8 Å². The van der Waals surface area contributed by atoms with Crippen LogP contribution in [0.1, 0.15) is 206 Å². The number of carbonyl (C=O) groups is 2. The highest BCUT2D eigenvalue weighted by Crippen LogP contribution is 2.38. The van der Waals surface area contributed by atoms with Gasteiger partial charge < -0.3 is 27.9 Å². The predicted octanol–water partition coefficient (Wildman–Crippen LogP) is 15.3. The lowest BCUT2D eigenvalue weighted by atomic mass is 10.0. The summed E-state index contributed by atoms with van der Waals surface area (Å²) < 4.78 is 34.0. The fourth-order valence-electron chi connectivity index (χ4n) is 6.84. The number of unbranched alkanes of at least 4 members (excludes halogenated alkanes) is 19. The molecule has 0 saturated heterocycles. The molecule has 0 aliphatic heterocycles. The van der Waals surface area contributed by atoms with Gasteiger partial charge in [-0.15, -0.1) is 0 Å². The maximum absolute atomic E-state index is 12.8. The molecular formula is C56H98NO8P. The van der Waals surface area contributed by atoms with E-state index in [9.17, 15) is 19.0 Å². The van der Waals surface area contributed by atoms with E-state index in [1.807, 2.05) is 21.1 Å². The zero-order valence-electron chi connectivity index (χ0n) is 42.9. The topological polar surface area (TPSA) is 111 Å². The molecule has 0 radical (unpaired) electrons. The molecule has 66 heavy (non-hydrogen) atoms. The molecule has 2 atom stereocenters. The summed E-state index contributed by atoms with van der Waals surface area (Å²) in [5.41, 5.74) is 0. The van der Waals surface area contributed by atoms with Crippen molar-refractivity contribution < 1.29 is 42.1 Å². The van der Waals surface area contributed by atoms with Gasteiger partial charge in [-0.25, -0.2) is 0 Å². The lowest BCUT2D eigenvalue weighted by Gasteiger charge is -2.28. The van der Waals surface area contributed by atoms with Crippen LogP contribution in [0.25, 0.3) is 0 Å². The molecule has 2 unspecified atom stereocenters. The third-order valence-corrected chi connectivity index (χ3v) is 11.8. The summed E-state index contributed by atoms with van der Waals surface area (Å²) in [6.45, 7) is 4.03. The first-order chi connectivity index (χ1) is 32.0. The van der Waals surface area contributed by atoms with Crippen molar-refractivity contribution in [2.24, 2.45) is 0 Å². The second kappa shape index (κ2) is 47.3. The Morgan fingerprint density at radius 1 is 0.485 bits per heavy atom. The number of likely N-dealkylation sites (N-methyl/N-ethyl adjacent to an activating group) is 1. The number of allylic oxidation sites excluding steroid dienone is 14. The summed E-state index contributed by atoms with van der Waals surface area (Å²) in [5, 5.41) is 0. The molecular weight excluding hydrogens is 846 g/mol. The molecule has 0 bridgehead atoms. The molecule has 0 rings (SSSR count). The Morgan fingerprint density at radius 2 is 0.864 bits per heavy atom. The van der Waals surface area contributed by atoms with E-state index < -0.39 is 32.5 Å². The van der Waals surface area contributed by atoms with Crippen molar-refractivity contribution in [2.75, 3.05) is 47.5 Å². The van der Waals surface area contributed by atoms with Crippen LogP contribution in [0.15, 0.2) is 85.1 Å². The van der Waals surface area contributed by atoms with E-state index in [1.165, 1.54) is 70.6 Å². The number of hydrogen-bond acceptors (Lipinski definition) is 8. The molecule has 0 saturated carbocycles. The Morgan fingerprint density at radius 3 is 1.29 bits per heavy atom. The van der Waals surface area contributed by atoms with E-state index in [0.717, 1.165) is 96.3 Å². The van der Waals surface area contributed by atoms with E-state index in [-0.39, 0.29) is 26.1 Å². The Hall–Kier alpha value is -2.81. The van der Waals surface area contributed by atoms with Crippen molar-refractivity contribution in [1.29, 1.82) is 0 Å². The molecule has 0 amide bonds. The van der Waals surface area contributed by atoms with E-state index in [0.29, 0.717) is 23.9 Å².